The van der Waals surface area contributed by atoms with Gasteiger partial charge in [0.1, 0.15) is 5.82 Å². The van der Waals surface area contributed by atoms with Crippen LogP contribution in [0, 0.1) is 5.82 Å². The average molecular weight is 283 g/mol. The summed E-state index contributed by atoms with van der Waals surface area (Å²) in [6.07, 6.45) is 0.140. The van der Waals surface area contributed by atoms with E-state index in [4.69, 9.17) is 23.2 Å². The average Bonchev–Trinajstić information content (AvgIpc) is 2.33. The van der Waals surface area contributed by atoms with E-state index in [9.17, 15) is 9.18 Å². The minimum Gasteiger partial charge on any atom is -0.294 e. The van der Waals surface area contributed by atoms with Gasteiger partial charge in [-0.25, -0.2) is 4.39 Å². The smallest absolute Gasteiger partial charge is 0.167 e. The Morgan fingerprint density at radius 2 is 1.72 bits per heavy atom. The van der Waals surface area contributed by atoms with Crippen LogP contribution in [-0.4, -0.2) is 5.78 Å². The summed E-state index contributed by atoms with van der Waals surface area (Å²) in [5.74, 6) is -0.497. The molecule has 2 rings (SSSR count). The molecule has 0 fully saturated rings. The van der Waals surface area contributed by atoms with Crippen LogP contribution < -0.4 is 0 Å². The first-order chi connectivity index (χ1) is 8.56. The van der Waals surface area contributed by atoms with Gasteiger partial charge in [0.05, 0.1) is 0 Å². The van der Waals surface area contributed by atoms with E-state index in [2.05, 4.69) is 0 Å². The van der Waals surface area contributed by atoms with Crippen LogP contribution in [0.25, 0.3) is 0 Å². The fourth-order valence-electron chi connectivity index (χ4n) is 1.58. The summed E-state index contributed by atoms with van der Waals surface area (Å²) in [7, 11) is 0. The molecule has 4 heteroatoms. The summed E-state index contributed by atoms with van der Waals surface area (Å²) in [6.45, 7) is 0. The molecule has 0 bridgehead atoms. The van der Waals surface area contributed by atoms with Crippen molar-refractivity contribution in [2.45, 2.75) is 6.42 Å². The van der Waals surface area contributed by atoms with Crippen molar-refractivity contribution >= 4 is 29.0 Å². The van der Waals surface area contributed by atoms with Crippen molar-refractivity contribution in [1.29, 1.82) is 0 Å². The highest BCUT2D eigenvalue weighted by Crippen LogP contribution is 2.19. The van der Waals surface area contributed by atoms with Gasteiger partial charge in [0.25, 0.3) is 0 Å². The Hall–Kier alpha value is -1.38. The number of halogens is 3. The lowest BCUT2D eigenvalue weighted by Gasteiger charge is -2.04. The van der Waals surface area contributed by atoms with E-state index in [1.54, 1.807) is 24.3 Å². The summed E-state index contributed by atoms with van der Waals surface area (Å²) in [5.41, 5.74) is 1.16. The van der Waals surface area contributed by atoms with Gasteiger partial charge in [-0.15, -0.1) is 0 Å². The molecule has 0 atom stereocenters. The molecule has 0 radical (unpaired) electrons. The van der Waals surface area contributed by atoms with Crippen molar-refractivity contribution in [2.75, 3.05) is 0 Å². The second kappa shape index (κ2) is 5.51. The molecule has 0 aliphatic carbocycles. The number of hydrogen-bond acceptors (Lipinski definition) is 1. The van der Waals surface area contributed by atoms with Crippen molar-refractivity contribution in [2.24, 2.45) is 0 Å². The van der Waals surface area contributed by atoms with Crippen LogP contribution in [0.2, 0.25) is 10.0 Å². The summed E-state index contributed by atoms with van der Waals surface area (Å²) < 4.78 is 12.9. The van der Waals surface area contributed by atoms with Crippen LogP contribution in [-0.2, 0) is 6.42 Å². The van der Waals surface area contributed by atoms with E-state index in [1.807, 2.05) is 0 Å². The summed E-state index contributed by atoms with van der Waals surface area (Å²) in [6, 6.07) is 10.6. The van der Waals surface area contributed by atoms with Crippen molar-refractivity contribution in [3.63, 3.8) is 0 Å². The molecule has 92 valence electrons. The van der Waals surface area contributed by atoms with Gasteiger partial charge in [-0.05, 0) is 42.0 Å². The maximum Gasteiger partial charge on any atom is 0.167 e. The van der Waals surface area contributed by atoms with E-state index in [0.29, 0.717) is 16.1 Å². The van der Waals surface area contributed by atoms with Crippen LogP contribution in [0.1, 0.15) is 15.9 Å². The lowest BCUT2D eigenvalue weighted by atomic mass is 10.0. The fourth-order valence-corrected chi connectivity index (χ4v) is 1.94. The standard InChI is InChI=1S/C14H9Cl2FO/c15-11-4-1-9(2-5-11)14(18)7-10-3-6-12(17)8-13(10)16/h1-6,8H,7H2. The van der Waals surface area contributed by atoms with E-state index in [1.165, 1.54) is 18.2 Å². The number of Topliss-reactive ketones (excluding diaryl/α,β-unsaturated/α-hetero) is 1. The Bertz CT molecular complexity index is 579. The zero-order valence-corrected chi connectivity index (χ0v) is 10.8. The van der Waals surface area contributed by atoms with E-state index in [0.717, 1.165) is 0 Å². The molecule has 2 aromatic carbocycles. The maximum atomic E-state index is 12.9. The van der Waals surface area contributed by atoms with Crippen LogP contribution in [0.5, 0.6) is 0 Å². The SMILES string of the molecule is O=C(Cc1ccc(F)cc1Cl)c1ccc(Cl)cc1. The quantitative estimate of drug-likeness (QED) is 0.755. The molecule has 0 unspecified atom stereocenters. The zero-order chi connectivity index (χ0) is 13.1. The Morgan fingerprint density at radius 1 is 1.06 bits per heavy atom. The Morgan fingerprint density at radius 3 is 2.33 bits per heavy atom. The third-order valence-corrected chi connectivity index (χ3v) is 3.14. The zero-order valence-electron chi connectivity index (χ0n) is 9.29. The second-order valence-electron chi connectivity index (χ2n) is 3.84. The highest BCUT2D eigenvalue weighted by atomic mass is 35.5. The van der Waals surface area contributed by atoms with Crippen molar-refractivity contribution in [3.8, 4) is 0 Å². The minimum atomic E-state index is -0.414. The molecule has 1 nitrogen and oxygen atoms in total. The number of carbonyl (C=O) groups excluding carboxylic acids is 1. The van der Waals surface area contributed by atoms with Gasteiger partial charge in [0.15, 0.2) is 5.78 Å². The lowest BCUT2D eigenvalue weighted by molar-refractivity contribution is 0.0993. The molecule has 0 saturated heterocycles. The number of carbonyl (C=O) groups is 1. The van der Waals surface area contributed by atoms with E-state index >= 15 is 0 Å². The van der Waals surface area contributed by atoms with Gasteiger partial charge < -0.3 is 0 Å². The van der Waals surface area contributed by atoms with Crippen LogP contribution >= 0.6 is 23.2 Å². The first kappa shape index (κ1) is 13.1. The Labute approximate surface area is 114 Å². The molecular weight excluding hydrogens is 274 g/mol. The number of ketones is 1. The van der Waals surface area contributed by atoms with Crippen molar-refractivity contribution < 1.29 is 9.18 Å². The molecule has 0 N–H and O–H groups in total. The monoisotopic (exact) mass is 282 g/mol. The first-order valence-corrected chi connectivity index (χ1v) is 6.04. The molecule has 18 heavy (non-hydrogen) atoms. The third-order valence-electron chi connectivity index (χ3n) is 2.53. The van der Waals surface area contributed by atoms with E-state index < -0.39 is 5.82 Å². The molecule has 0 saturated carbocycles. The summed E-state index contributed by atoms with van der Waals surface area (Å²) in [4.78, 5) is 12.0. The molecule has 0 aliphatic heterocycles. The Kier molecular flexibility index (Phi) is 4.00. The fraction of sp³-hybridized carbons (Fsp3) is 0.0714. The number of rotatable bonds is 3. The summed E-state index contributed by atoms with van der Waals surface area (Å²) in [5, 5.41) is 0.837. The molecular formula is C14H9Cl2FO. The van der Waals surface area contributed by atoms with Crippen LogP contribution in [0.4, 0.5) is 4.39 Å². The first-order valence-electron chi connectivity index (χ1n) is 5.29. The highest BCUT2D eigenvalue weighted by Gasteiger charge is 2.10. The predicted molar refractivity (Wildman–Crippen MR) is 70.9 cm³/mol. The van der Waals surface area contributed by atoms with Crippen LogP contribution in [0.3, 0.4) is 0 Å². The predicted octanol–water partition coefficient (Wildman–Crippen LogP) is 4.56. The highest BCUT2D eigenvalue weighted by molar-refractivity contribution is 6.31. The largest absolute Gasteiger partial charge is 0.294 e. The second-order valence-corrected chi connectivity index (χ2v) is 4.69. The summed E-state index contributed by atoms with van der Waals surface area (Å²) >= 11 is 11.6. The van der Waals surface area contributed by atoms with Crippen molar-refractivity contribution in [1.82, 2.24) is 0 Å². The molecule has 0 spiro atoms. The Balaban J connectivity index is 2.18. The third kappa shape index (κ3) is 3.09. The van der Waals surface area contributed by atoms with Gasteiger partial charge in [-0.3, -0.25) is 4.79 Å². The molecule has 0 heterocycles. The van der Waals surface area contributed by atoms with Gasteiger partial charge >= 0.3 is 0 Å². The minimum absolute atomic E-state index is 0.0832. The van der Waals surface area contributed by atoms with Crippen LogP contribution in [0.15, 0.2) is 42.5 Å². The van der Waals surface area contributed by atoms with Gasteiger partial charge in [0.2, 0.25) is 0 Å². The van der Waals surface area contributed by atoms with Crippen molar-refractivity contribution in [3.05, 3.63) is 69.5 Å². The molecule has 0 aromatic heterocycles. The number of hydrogen-bond donors (Lipinski definition) is 0. The molecule has 0 amide bonds. The van der Waals surface area contributed by atoms with E-state index in [-0.39, 0.29) is 17.2 Å². The van der Waals surface area contributed by atoms with Gasteiger partial charge in [-0.2, -0.15) is 0 Å². The molecule has 0 aliphatic rings. The normalized spacial score (nSPS) is 10.4. The molecule has 2 aromatic rings. The topological polar surface area (TPSA) is 17.1 Å². The maximum absolute atomic E-state index is 12.9. The lowest BCUT2D eigenvalue weighted by Crippen LogP contribution is -2.04. The van der Waals surface area contributed by atoms with Gasteiger partial charge in [-0.1, -0.05) is 29.3 Å². The number of benzene rings is 2. The van der Waals surface area contributed by atoms with Gasteiger partial charge in [0, 0.05) is 22.0 Å².